The Morgan fingerprint density at radius 3 is 2.55 bits per heavy atom. The molecule has 0 bridgehead atoms. The number of benzene rings is 1. The van der Waals surface area contributed by atoms with Crippen LogP contribution < -0.4 is 5.32 Å². The second-order valence-electron chi connectivity index (χ2n) is 8.57. The molecule has 4 rings (SSSR count). The first-order chi connectivity index (χ1) is 15.2. The molecule has 170 valence electrons. The molecule has 8 heteroatoms. The maximum atomic E-state index is 12.5. The van der Waals surface area contributed by atoms with Crippen LogP contribution in [0.2, 0.25) is 0 Å². The number of amides is 1. The zero-order chi connectivity index (χ0) is 21.6. The lowest BCUT2D eigenvalue weighted by Crippen LogP contribution is -2.54. The lowest BCUT2D eigenvalue weighted by atomic mass is 9.88. The molecule has 2 saturated heterocycles. The number of aromatic hydroxyl groups is 1. The molecular formula is C23H35N5O3. The van der Waals surface area contributed by atoms with Gasteiger partial charge in [0.15, 0.2) is 5.96 Å². The molecule has 31 heavy (non-hydrogen) atoms. The maximum absolute atomic E-state index is 12.5. The summed E-state index contributed by atoms with van der Waals surface area (Å²) in [6.45, 7) is 7.07. The van der Waals surface area contributed by atoms with Crippen LogP contribution in [-0.4, -0.2) is 97.7 Å². The third kappa shape index (κ3) is 5.30. The second-order valence-corrected chi connectivity index (χ2v) is 8.57. The zero-order valence-corrected chi connectivity index (χ0v) is 18.6. The predicted octanol–water partition coefficient (Wildman–Crippen LogP) is 0.823. The van der Waals surface area contributed by atoms with Gasteiger partial charge >= 0.3 is 0 Å². The van der Waals surface area contributed by atoms with Crippen LogP contribution in [-0.2, 0) is 28.9 Å². The zero-order valence-electron chi connectivity index (χ0n) is 18.6. The first-order valence-corrected chi connectivity index (χ1v) is 11.5. The Hall–Kier alpha value is -2.32. The van der Waals surface area contributed by atoms with Gasteiger partial charge < -0.3 is 25.0 Å². The minimum absolute atomic E-state index is 0.198. The van der Waals surface area contributed by atoms with E-state index in [4.69, 9.17) is 4.74 Å². The normalized spacial score (nSPS) is 20.5. The number of aryl methyl sites for hydroxylation is 1. The summed E-state index contributed by atoms with van der Waals surface area (Å²) >= 11 is 0. The van der Waals surface area contributed by atoms with E-state index in [2.05, 4.69) is 26.2 Å². The third-order valence-corrected chi connectivity index (χ3v) is 6.66. The van der Waals surface area contributed by atoms with Crippen LogP contribution in [0.5, 0.6) is 5.75 Å². The fourth-order valence-electron chi connectivity index (χ4n) is 4.81. The van der Waals surface area contributed by atoms with Crippen LogP contribution in [0.1, 0.15) is 29.5 Å². The number of aliphatic imine (C=N–C) groups is 1. The van der Waals surface area contributed by atoms with Crippen molar-refractivity contribution in [3.05, 3.63) is 28.8 Å². The molecule has 2 fully saturated rings. The number of phenols is 1. The van der Waals surface area contributed by atoms with Gasteiger partial charge in [0.1, 0.15) is 5.75 Å². The van der Waals surface area contributed by atoms with E-state index in [-0.39, 0.29) is 5.91 Å². The lowest BCUT2D eigenvalue weighted by Gasteiger charge is -2.37. The molecule has 1 aromatic carbocycles. The molecule has 2 aliphatic heterocycles. The predicted molar refractivity (Wildman–Crippen MR) is 120 cm³/mol. The standard InChI is InChI=1S/C23H35N5O3/c1-24-23(25-16-20-19-5-3-2-4-18(19)6-7-21(20)29)28-10-8-26(9-11-28)17-22(30)27-12-14-31-15-13-27/h6-7,29H,2-5,8-17H2,1H3,(H,24,25). The van der Waals surface area contributed by atoms with Crippen LogP contribution in [0, 0.1) is 0 Å². The lowest BCUT2D eigenvalue weighted by molar-refractivity contribution is -0.136. The highest BCUT2D eigenvalue weighted by Crippen LogP contribution is 2.30. The van der Waals surface area contributed by atoms with Gasteiger partial charge in [-0.3, -0.25) is 14.7 Å². The molecule has 1 aliphatic carbocycles. The molecule has 1 amide bonds. The minimum atomic E-state index is 0.198. The van der Waals surface area contributed by atoms with Crippen LogP contribution in [0.3, 0.4) is 0 Å². The van der Waals surface area contributed by atoms with E-state index < -0.39 is 0 Å². The van der Waals surface area contributed by atoms with Gasteiger partial charge in [0.05, 0.1) is 19.8 Å². The minimum Gasteiger partial charge on any atom is -0.508 e. The summed E-state index contributed by atoms with van der Waals surface area (Å²) in [6, 6.07) is 3.90. The van der Waals surface area contributed by atoms with Crippen LogP contribution >= 0.6 is 0 Å². The Morgan fingerprint density at radius 1 is 1.06 bits per heavy atom. The molecule has 8 nitrogen and oxygen atoms in total. The number of carbonyl (C=O) groups is 1. The quantitative estimate of drug-likeness (QED) is 0.545. The van der Waals surface area contributed by atoms with E-state index in [9.17, 15) is 9.90 Å². The fraction of sp³-hybridized carbons (Fsp3) is 0.652. The number of hydrogen-bond acceptors (Lipinski definition) is 5. The van der Waals surface area contributed by atoms with Crippen molar-refractivity contribution in [3.8, 4) is 5.75 Å². The fourth-order valence-corrected chi connectivity index (χ4v) is 4.81. The van der Waals surface area contributed by atoms with Crippen molar-refractivity contribution in [3.63, 3.8) is 0 Å². The van der Waals surface area contributed by atoms with E-state index in [1.165, 1.54) is 24.0 Å². The summed E-state index contributed by atoms with van der Waals surface area (Å²) in [4.78, 5) is 23.3. The third-order valence-electron chi connectivity index (χ3n) is 6.66. The number of carbonyl (C=O) groups excluding carboxylic acids is 1. The van der Waals surface area contributed by atoms with E-state index in [0.717, 1.165) is 50.5 Å². The number of rotatable bonds is 4. The number of nitrogens with zero attached hydrogens (tertiary/aromatic N) is 4. The summed E-state index contributed by atoms with van der Waals surface area (Å²) in [5, 5.41) is 13.9. The molecule has 0 aromatic heterocycles. The highest BCUT2D eigenvalue weighted by Gasteiger charge is 2.24. The number of morpholine rings is 1. The Labute approximate surface area is 184 Å². The Balaban J connectivity index is 1.29. The highest BCUT2D eigenvalue weighted by atomic mass is 16.5. The number of nitrogens with one attached hydrogen (secondary N) is 1. The van der Waals surface area contributed by atoms with E-state index in [1.54, 1.807) is 7.05 Å². The van der Waals surface area contributed by atoms with Gasteiger partial charge in [0.2, 0.25) is 5.91 Å². The van der Waals surface area contributed by atoms with Gasteiger partial charge in [-0.05, 0) is 42.9 Å². The molecule has 0 saturated carbocycles. The Bertz CT molecular complexity index is 799. The van der Waals surface area contributed by atoms with Crippen molar-refractivity contribution < 1.29 is 14.6 Å². The maximum Gasteiger partial charge on any atom is 0.236 e. The molecule has 0 spiro atoms. The highest BCUT2D eigenvalue weighted by molar-refractivity contribution is 5.80. The molecular weight excluding hydrogens is 394 g/mol. The second kappa shape index (κ2) is 10.3. The van der Waals surface area contributed by atoms with Gasteiger partial charge in [0, 0.05) is 58.4 Å². The smallest absolute Gasteiger partial charge is 0.236 e. The van der Waals surface area contributed by atoms with Crippen molar-refractivity contribution in [2.24, 2.45) is 4.99 Å². The van der Waals surface area contributed by atoms with E-state index in [1.807, 2.05) is 11.0 Å². The van der Waals surface area contributed by atoms with Gasteiger partial charge in [-0.2, -0.15) is 0 Å². The number of hydrogen-bond donors (Lipinski definition) is 2. The first-order valence-electron chi connectivity index (χ1n) is 11.5. The largest absolute Gasteiger partial charge is 0.508 e. The summed E-state index contributed by atoms with van der Waals surface area (Å²) in [5.41, 5.74) is 3.68. The molecule has 3 aliphatic rings. The summed E-state index contributed by atoms with van der Waals surface area (Å²) in [7, 11) is 1.80. The number of phenolic OH excluding ortho intramolecular Hbond substituents is 1. The summed E-state index contributed by atoms with van der Waals surface area (Å²) < 4.78 is 5.34. The number of fused-ring (bicyclic) bond motifs is 1. The number of ether oxygens (including phenoxy) is 1. The van der Waals surface area contributed by atoms with E-state index >= 15 is 0 Å². The van der Waals surface area contributed by atoms with E-state index in [0.29, 0.717) is 45.1 Å². The summed E-state index contributed by atoms with van der Waals surface area (Å²) in [5.74, 6) is 1.42. The van der Waals surface area contributed by atoms with Gasteiger partial charge in [0.25, 0.3) is 0 Å². The Kier molecular flexibility index (Phi) is 7.29. The van der Waals surface area contributed by atoms with Gasteiger partial charge in [-0.15, -0.1) is 0 Å². The van der Waals surface area contributed by atoms with Crippen molar-refractivity contribution in [2.45, 2.75) is 32.2 Å². The van der Waals surface area contributed by atoms with Crippen molar-refractivity contribution in [1.82, 2.24) is 20.0 Å². The van der Waals surface area contributed by atoms with Crippen LogP contribution in [0.25, 0.3) is 0 Å². The molecule has 0 radical (unpaired) electrons. The van der Waals surface area contributed by atoms with Crippen molar-refractivity contribution >= 4 is 11.9 Å². The van der Waals surface area contributed by atoms with Gasteiger partial charge in [-0.25, -0.2) is 0 Å². The average Bonchev–Trinajstić information content (AvgIpc) is 2.82. The van der Waals surface area contributed by atoms with Crippen molar-refractivity contribution in [2.75, 3.05) is 66.1 Å². The molecule has 0 atom stereocenters. The molecule has 2 N–H and O–H groups in total. The number of guanidine groups is 1. The topological polar surface area (TPSA) is 80.6 Å². The van der Waals surface area contributed by atoms with Crippen LogP contribution in [0.4, 0.5) is 0 Å². The monoisotopic (exact) mass is 429 g/mol. The molecule has 2 heterocycles. The molecule has 1 aromatic rings. The average molecular weight is 430 g/mol. The van der Waals surface area contributed by atoms with Crippen molar-refractivity contribution in [1.29, 1.82) is 0 Å². The summed E-state index contributed by atoms with van der Waals surface area (Å²) in [6.07, 6.45) is 4.55. The van der Waals surface area contributed by atoms with Crippen LogP contribution in [0.15, 0.2) is 17.1 Å². The SMILES string of the molecule is CN=C(NCc1c(O)ccc2c1CCCC2)N1CCN(CC(=O)N2CCOCC2)CC1. The first kappa shape index (κ1) is 21.9. The molecule has 0 unspecified atom stereocenters. The Morgan fingerprint density at radius 2 is 1.81 bits per heavy atom. The van der Waals surface area contributed by atoms with Gasteiger partial charge in [-0.1, -0.05) is 6.07 Å². The number of piperazine rings is 1.